The first-order valence-corrected chi connectivity index (χ1v) is 5.84. The molecule has 4 atom stereocenters. The summed E-state index contributed by atoms with van der Waals surface area (Å²) in [5.74, 6) is -0.608. The highest BCUT2D eigenvalue weighted by atomic mass is 16.5. The van der Waals surface area contributed by atoms with Gasteiger partial charge in [-0.05, 0) is 5.56 Å². The van der Waals surface area contributed by atoms with E-state index in [0.717, 1.165) is 5.56 Å². The van der Waals surface area contributed by atoms with Crippen molar-refractivity contribution >= 4 is 5.78 Å². The molecule has 0 saturated carbocycles. The van der Waals surface area contributed by atoms with Crippen LogP contribution in [0.1, 0.15) is 11.5 Å². The van der Waals surface area contributed by atoms with Gasteiger partial charge in [0, 0.05) is 0 Å². The molecule has 1 N–H and O–H groups in total. The van der Waals surface area contributed by atoms with E-state index in [9.17, 15) is 9.90 Å². The topological polar surface area (TPSA) is 46.5 Å². The highest BCUT2D eigenvalue weighted by Crippen LogP contribution is 2.38. The molecule has 3 nitrogen and oxygen atoms in total. The summed E-state index contributed by atoms with van der Waals surface area (Å²) in [7, 11) is 0. The number of carbonyl (C=O) groups excluding carboxylic acids is 1. The van der Waals surface area contributed by atoms with Crippen molar-refractivity contribution in [3.05, 3.63) is 48.0 Å². The molecule has 2 bridgehead atoms. The summed E-state index contributed by atoms with van der Waals surface area (Å²) in [6.07, 6.45) is 3.43. The zero-order valence-electron chi connectivity index (χ0n) is 9.32. The first kappa shape index (κ1) is 10.7. The molecule has 88 valence electrons. The molecule has 17 heavy (non-hydrogen) atoms. The van der Waals surface area contributed by atoms with Crippen LogP contribution in [0.3, 0.4) is 0 Å². The number of aliphatic hydroxyl groups is 1. The van der Waals surface area contributed by atoms with Gasteiger partial charge in [-0.25, -0.2) is 0 Å². The summed E-state index contributed by atoms with van der Waals surface area (Å²) < 4.78 is 5.75. The van der Waals surface area contributed by atoms with Crippen LogP contribution in [-0.4, -0.2) is 29.7 Å². The molecule has 0 aromatic heterocycles. The highest BCUT2D eigenvalue weighted by Gasteiger charge is 2.46. The Bertz CT molecular complexity index is 452. The van der Waals surface area contributed by atoms with E-state index in [1.807, 2.05) is 42.5 Å². The van der Waals surface area contributed by atoms with E-state index >= 15 is 0 Å². The minimum absolute atomic E-state index is 0.0879. The van der Waals surface area contributed by atoms with Gasteiger partial charge >= 0.3 is 0 Å². The van der Waals surface area contributed by atoms with E-state index in [1.165, 1.54) is 0 Å². The number of hydrogen-bond donors (Lipinski definition) is 1. The number of carbonyl (C=O) groups is 1. The molecule has 0 spiro atoms. The molecule has 3 rings (SSSR count). The summed E-state index contributed by atoms with van der Waals surface area (Å²) in [4.78, 5) is 12.3. The number of ether oxygens (including phenoxy) is 1. The number of fused-ring (bicyclic) bond motifs is 2. The lowest BCUT2D eigenvalue weighted by molar-refractivity contribution is -0.142. The van der Waals surface area contributed by atoms with E-state index in [0.29, 0.717) is 0 Å². The summed E-state index contributed by atoms with van der Waals surface area (Å²) in [5.41, 5.74) is 0.964. The summed E-state index contributed by atoms with van der Waals surface area (Å²) in [5, 5.41) is 9.31. The molecule has 0 aliphatic carbocycles. The normalized spacial score (nSPS) is 35.2. The predicted molar refractivity (Wildman–Crippen MR) is 62.6 cm³/mol. The lowest BCUT2D eigenvalue weighted by atomic mass is 9.81. The minimum Gasteiger partial charge on any atom is -0.396 e. The van der Waals surface area contributed by atoms with E-state index in [1.54, 1.807) is 0 Å². The van der Waals surface area contributed by atoms with Gasteiger partial charge in [0.25, 0.3) is 0 Å². The Morgan fingerprint density at radius 3 is 2.53 bits per heavy atom. The molecular weight excluding hydrogens is 216 g/mol. The maximum atomic E-state index is 12.3. The van der Waals surface area contributed by atoms with Gasteiger partial charge in [-0.15, -0.1) is 0 Å². The lowest BCUT2D eigenvalue weighted by Crippen LogP contribution is -2.43. The lowest BCUT2D eigenvalue weighted by Gasteiger charge is -2.33. The van der Waals surface area contributed by atoms with Crippen LogP contribution in [0, 0.1) is 5.92 Å². The Kier molecular flexibility index (Phi) is 2.57. The fraction of sp³-hybridized carbons (Fsp3) is 0.357. The average Bonchev–Trinajstić information content (AvgIpc) is 2.76. The molecule has 1 fully saturated rings. The van der Waals surface area contributed by atoms with Crippen molar-refractivity contribution in [3.63, 3.8) is 0 Å². The Hall–Kier alpha value is -1.45. The standard InChI is InChI=1S/C14H14O3/c15-8-10-11-6-7-12(17-11)13(14(10)16)9-4-2-1-3-5-9/h1-7,10-13,15H,8H2/t10-,11+,12-,13+/m0/s1. The average molecular weight is 230 g/mol. The molecule has 0 amide bonds. The third-order valence-corrected chi connectivity index (χ3v) is 3.56. The number of aliphatic hydroxyl groups excluding tert-OH is 1. The van der Waals surface area contributed by atoms with Gasteiger partial charge in [0.2, 0.25) is 0 Å². The Balaban J connectivity index is 1.99. The summed E-state index contributed by atoms with van der Waals surface area (Å²) in [6.45, 7) is -0.149. The van der Waals surface area contributed by atoms with Gasteiger partial charge in [0.1, 0.15) is 0 Å². The second-order valence-electron chi connectivity index (χ2n) is 4.53. The number of hydrogen-bond acceptors (Lipinski definition) is 3. The maximum Gasteiger partial charge on any atom is 0.151 e. The quantitative estimate of drug-likeness (QED) is 0.779. The van der Waals surface area contributed by atoms with Crippen LogP contribution in [0.25, 0.3) is 0 Å². The van der Waals surface area contributed by atoms with Gasteiger partial charge in [-0.3, -0.25) is 4.79 Å². The molecular formula is C14H14O3. The zero-order chi connectivity index (χ0) is 11.8. The minimum atomic E-state index is -0.421. The second-order valence-corrected chi connectivity index (χ2v) is 4.53. The van der Waals surface area contributed by atoms with Crippen LogP contribution in [0.2, 0.25) is 0 Å². The Labute approximate surface area is 99.7 Å². The number of benzene rings is 1. The maximum absolute atomic E-state index is 12.3. The van der Waals surface area contributed by atoms with E-state index < -0.39 is 5.92 Å². The third-order valence-electron chi connectivity index (χ3n) is 3.56. The van der Waals surface area contributed by atoms with Crippen molar-refractivity contribution < 1.29 is 14.6 Å². The van der Waals surface area contributed by atoms with Crippen molar-refractivity contribution in [3.8, 4) is 0 Å². The van der Waals surface area contributed by atoms with Gasteiger partial charge in [0.15, 0.2) is 5.78 Å². The van der Waals surface area contributed by atoms with E-state index in [-0.39, 0.29) is 30.5 Å². The van der Waals surface area contributed by atoms with Crippen LogP contribution < -0.4 is 0 Å². The van der Waals surface area contributed by atoms with Crippen molar-refractivity contribution in [2.24, 2.45) is 5.92 Å². The smallest absolute Gasteiger partial charge is 0.151 e. The molecule has 0 unspecified atom stereocenters. The Morgan fingerprint density at radius 1 is 1.12 bits per heavy atom. The second kappa shape index (κ2) is 4.09. The van der Waals surface area contributed by atoms with Gasteiger partial charge in [0.05, 0.1) is 30.7 Å². The first-order valence-electron chi connectivity index (χ1n) is 5.84. The van der Waals surface area contributed by atoms with Crippen LogP contribution in [-0.2, 0) is 9.53 Å². The van der Waals surface area contributed by atoms with Gasteiger partial charge < -0.3 is 9.84 Å². The first-order chi connectivity index (χ1) is 8.31. The predicted octanol–water partition coefficient (Wildman–Crippen LogP) is 1.28. The fourth-order valence-electron chi connectivity index (χ4n) is 2.67. The molecule has 0 radical (unpaired) electrons. The molecule has 2 aliphatic rings. The van der Waals surface area contributed by atoms with Crippen LogP contribution in [0.4, 0.5) is 0 Å². The molecule has 2 aliphatic heterocycles. The van der Waals surface area contributed by atoms with Crippen molar-refractivity contribution in [1.29, 1.82) is 0 Å². The van der Waals surface area contributed by atoms with Crippen molar-refractivity contribution in [1.82, 2.24) is 0 Å². The van der Waals surface area contributed by atoms with Crippen LogP contribution in [0.5, 0.6) is 0 Å². The third kappa shape index (κ3) is 1.63. The SMILES string of the molecule is O=C1[C@@H](CO)[C@H]2C=C[C@H](O2)[C@H]1c1ccccc1. The van der Waals surface area contributed by atoms with E-state index in [4.69, 9.17) is 4.74 Å². The van der Waals surface area contributed by atoms with Crippen LogP contribution >= 0.6 is 0 Å². The molecule has 1 saturated heterocycles. The monoisotopic (exact) mass is 230 g/mol. The molecule has 3 heteroatoms. The number of rotatable bonds is 2. The molecule has 1 aromatic carbocycles. The highest BCUT2D eigenvalue weighted by molar-refractivity contribution is 5.91. The summed E-state index contributed by atoms with van der Waals surface area (Å²) >= 11 is 0. The zero-order valence-corrected chi connectivity index (χ0v) is 9.32. The largest absolute Gasteiger partial charge is 0.396 e. The fourth-order valence-corrected chi connectivity index (χ4v) is 2.67. The van der Waals surface area contributed by atoms with Crippen LogP contribution in [0.15, 0.2) is 42.5 Å². The Morgan fingerprint density at radius 2 is 1.82 bits per heavy atom. The molecule has 1 aromatic rings. The number of ketones is 1. The van der Waals surface area contributed by atoms with Gasteiger partial charge in [-0.1, -0.05) is 42.5 Å². The summed E-state index contributed by atoms with van der Waals surface area (Å²) in [6, 6.07) is 9.64. The van der Waals surface area contributed by atoms with Gasteiger partial charge in [-0.2, -0.15) is 0 Å². The molecule has 2 heterocycles. The van der Waals surface area contributed by atoms with Crippen molar-refractivity contribution in [2.75, 3.05) is 6.61 Å². The van der Waals surface area contributed by atoms with Crippen molar-refractivity contribution in [2.45, 2.75) is 18.1 Å². The number of Topliss-reactive ketones (excluding diaryl/α,β-unsaturated/α-hetero) is 1. The van der Waals surface area contributed by atoms with E-state index in [2.05, 4.69) is 0 Å².